The van der Waals surface area contributed by atoms with Gasteiger partial charge in [0.25, 0.3) is 0 Å². The number of hydrogen-bond donors (Lipinski definition) is 1. The fourth-order valence-electron chi connectivity index (χ4n) is 2.10. The van der Waals surface area contributed by atoms with Crippen molar-refractivity contribution in [3.63, 3.8) is 0 Å². The van der Waals surface area contributed by atoms with Gasteiger partial charge < -0.3 is 19.5 Å². The van der Waals surface area contributed by atoms with Crippen molar-refractivity contribution in [3.05, 3.63) is 47.5 Å². The zero-order chi connectivity index (χ0) is 15.2. The molecule has 4 heteroatoms. The molecule has 0 amide bonds. The molecule has 0 atom stereocenters. The van der Waals surface area contributed by atoms with Gasteiger partial charge in [-0.3, -0.25) is 0 Å². The Bertz CT molecular complexity index is 589. The Morgan fingerprint density at radius 3 is 2.00 bits per heavy atom. The Morgan fingerprint density at radius 2 is 1.48 bits per heavy atom. The van der Waals surface area contributed by atoms with Gasteiger partial charge in [0.05, 0.1) is 14.2 Å². The van der Waals surface area contributed by atoms with Gasteiger partial charge in [0.1, 0.15) is 23.0 Å². The number of ether oxygens (including phenoxy) is 3. The molecule has 21 heavy (non-hydrogen) atoms. The lowest BCUT2D eigenvalue weighted by Crippen LogP contribution is -2.06. The molecule has 2 aromatic rings. The second kappa shape index (κ2) is 6.99. The standard InChI is InChI=1S/C17H21NO3/c1-12-7-14(6-5-13(12)11-18-2)21-17-9-15(19-3)8-16(10-17)20-4/h5-10,18H,11H2,1-4H3. The smallest absolute Gasteiger partial charge is 0.134 e. The van der Waals surface area contributed by atoms with Crippen molar-refractivity contribution in [2.45, 2.75) is 13.5 Å². The first-order chi connectivity index (χ1) is 10.2. The van der Waals surface area contributed by atoms with E-state index >= 15 is 0 Å². The monoisotopic (exact) mass is 287 g/mol. The van der Waals surface area contributed by atoms with Crippen LogP contribution < -0.4 is 19.5 Å². The normalized spacial score (nSPS) is 10.3. The lowest BCUT2D eigenvalue weighted by molar-refractivity contribution is 0.386. The second-order valence-corrected chi connectivity index (χ2v) is 4.77. The maximum atomic E-state index is 5.90. The average Bonchev–Trinajstić information content (AvgIpc) is 2.49. The summed E-state index contributed by atoms with van der Waals surface area (Å²) < 4.78 is 16.4. The summed E-state index contributed by atoms with van der Waals surface area (Å²) in [4.78, 5) is 0. The molecule has 112 valence electrons. The van der Waals surface area contributed by atoms with E-state index in [2.05, 4.69) is 18.3 Å². The van der Waals surface area contributed by atoms with Crippen molar-refractivity contribution in [2.75, 3.05) is 21.3 Å². The minimum atomic E-state index is 0.687. The van der Waals surface area contributed by atoms with Gasteiger partial charge in [-0.25, -0.2) is 0 Å². The van der Waals surface area contributed by atoms with Crippen LogP contribution in [0.2, 0.25) is 0 Å². The van der Waals surface area contributed by atoms with Crippen LogP contribution in [0.3, 0.4) is 0 Å². The highest BCUT2D eigenvalue weighted by atomic mass is 16.5. The third-order valence-corrected chi connectivity index (χ3v) is 3.24. The van der Waals surface area contributed by atoms with Crippen LogP contribution >= 0.6 is 0 Å². The molecule has 0 radical (unpaired) electrons. The van der Waals surface area contributed by atoms with Gasteiger partial charge >= 0.3 is 0 Å². The number of hydrogen-bond acceptors (Lipinski definition) is 4. The van der Waals surface area contributed by atoms with E-state index < -0.39 is 0 Å². The largest absolute Gasteiger partial charge is 0.496 e. The summed E-state index contributed by atoms with van der Waals surface area (Å²) in [7, 11) is 5.18. The van der Waals surface area contributed by atoms with Crippen molar-refractivity contribution in [1.82, 2.24) is 5.32 Å². The molecule has 2 aromatic carbocycles. The molecule has 0 saturated carbocycles. The van der Waals surface area contributed by atoms with E-state index in [4.69, 9.17) is 14.2 Å². The number of aryl methyl sites for hydroxylation is 1. The van der Waals surface area contributed by atoms with Crippen LogP contribution in [0.5, 0.6) is 23.0 Å². The van der Waals surface area contributed by atoms with Crippen LogP contribution in [0.4, 0.5) is 0 Å². The van der Waals surface area contributed by atoms with E-state index in [1.807, 2.05) is 37.4 Å². The summed E-state index contributed by atoms with van der Waals surface area (Å²) in [6.07, 6.45) is 0. The molecule has 0 spiro atoms. The lowest BCUT2D eigenvalue weighted by atomic mass is 10.1. The summed E-state index contributed by atoms with van der Waals surface area (Å²) in [5, 5.41) is 3.15. The summed E-state index contributed by atoms with van der Waals surface area (Å²) in [5.74, 6) is 2.88. The van der Waals surface area contributed by atoms with Gasteiger partial charge in [0.15, 0.2) is 0 Å². The van der Waals surface area contributed by atoms with Gasteiger partial charge in [-0.1, -0.05) is 6.07 Å². The number of nitrogens with one attached hydrogen (secondary N) is 1. The molecule has 0 heterocycles. The molecule has 0 fully saturated rings. The van der Waals surface area contributed by atoms with E-state index in [0.29, 0.717) is 17.2 Å². The second-order valence-electron chi connectivity index (χ2n) is 4.77. The van der Waals surface area contributed by atoms with E-state index in [1.54, 1.807) is 14.2 Å². The van der Waals surface area contributed by atoms with E-state index in [9.17, 15) is 0 Å². The minimum absolute atomic E-state index is 0.687. The SMILES string of the molecule is CNCc1ccc(Oc2cc(OC)cc(OC)c2)cc1C. The number of rotatable bonds is 6. The van der Waals surface area contributed by atoms with Crippen molar-refractivity contribution in [3.8, 4) is 23.0 Å². The van der Waals surface area contributed by atoms with Crippen molar-refractivity contribution >= 4 is 0 Å². The van der Waals surface area contributed by atoms with Crippen molar-refractivity contribution < 1.29 is 14.2 Å². The molecule has 0 saturated heterocycles. The zero-order valence-electron chi connectivity index (χ0n) is 12.9. The highest BCUT2D eigenvalue weighted by molar-refractivity contribution is 5.45. The lowest BCUT2D eigenvalue weighted by Gasteiger charge is -2.12. The maximum absolute atomic E-state index is 5.90. The van der Waals surface area contributed by atoms with Crippen LogP contribution in [0.1, 0.15) is 11.1 Å². The Morgan fingerprint density at radius 1 is 0.857 bits per heavy atom. The van der Waals surface area contributed by atoms with Gasteiger partial charge in [0.2, 0.25) is 0 Å². The molecular weight excluding hydrogens is 266 g/mol. The van der Waals surface area contributed by atoms with E-state index in [-0.39, 0.29) is 0 Å². The van der Waals surface area contributed by atoms with Crippen LogP contribution in [0.15, 0.2) is 36.4 Å². The summed E-state index contributed by atoms with van der Waals surface area (Å²) in [6, 6.07) is 11.5. The summed E-state index contributed by atoms with van der Waals surface area (Å²) >= 11 is 0. The first kappa shape index (κ1) is 15.2. The molecule has 4 nitrogen and oxygen atoms in total. The van der Waals surface area contributed by atoms with Crippen molar-refractivity contribution in [1.29, 1.82) is 0 Å². The fraction of sp³-hybridized carbons (Fsp3) is 0.294. The zero-order valence-corrected chi connectivity index (χ0v) is 12.9. The molecule has 0 aromatic heterocycles. The molecule has 0 aliphatic carbocycles. The van der Waals surface area contributed by atoms with Gasteiger partial charge in [-0.2, -0.15) is 0 Å². The van der Waals surface area contributed by atoms with E-state index in [0.717, 1.165) is 12.3 Å². The molecule has 0 aliphatic heterocycles. The molecule has 2 rings (SSSR count). The minimum Gasteiger partial charge on any atom is -0.496 e. The molecule has 0 unspecified atom stereocenters. The first-order valence-electron chi connectivity index (χ1n) is 6.81. The third kappa shape index (κ3) is 3.89. The van der Waals surface area contributed by atoms with Crippen molar-refractivity contribution in [2.24, 2.45) is 0 Å². The van der Waals surface area contributed by atoms with Crippen LogP contribution in [-0.4, -0.2) is 21.3 Å². The van der Waals surface area contributed by atoms with Gasteiger partial charge in [-0.05, 0) is 37.2 Å². The Balaban J connectivity index is 2.23. The molecule has 0 aliphatic rings. The maximum Gasteiger partial charge on any atom is 0.134 e. The number of benzene rings is 2. The number of methoxy groups -OCH3 is 2. The van der Waals surface area contributed by atoms with Crippen LogP contribution in [0.25, 0.3) is 0 Å². The molecule has 0 bridgehead atoms. The Kier molecular flexibility index (Phi) is 5.06. The topological polar surface area (TPSA) is 39.7 Å². The fourth-order valence-corrected chi connectivity index (χ4v) is 2.10. The predicted molar refractivity (Wildman–Crippen MR) is 83.6 cm³/mol. The van der Waals surface area contributed by atoms with Crippen LogP contribution in [-0.2, 0) is 6.54 Å². The third-order valence-electron chi connectivity index (χ3n) is 3.24. The highest BCUT2D eigenvalue weighted by Gasteiger charge is 2.06. The molecular formula is C17H21NO3. The Hall–Kier alpha value is -2.20. The van der Waals surface area contributed by atoms with Crippen LogP contribution in [0, 0.1) is 6.92 Å². The summed E-state index contributed by atoms with van der Waals surface area (Å²) in [6.45, 7) is 2.92. The average molecular weight is 287 g/mol. The van der Waals surface area contributed by atoms with E-state index in [1.165, 1.54) is 11.1 Å². The molecule has 1 N–H and O–H groups in total. The predicted octanol–water partition coefficient (Wildman–Crippen LogP) is 3.52. The Labute approximate surface area is 125 Å². The van der Waals surface area contributed by atoms with Gasteiger partial charge in [0, 0.05) is 24.7 Å². The quantitative estimate of drug-likeness (QED) is 0.882. The first-order valence-corrected chi connectivity index (χ1v) is 6.81. The van der Waals surface area contributed by atoms with Gasteiger partial charge in [-0.15, -0.1) is 0 Å². The summed E-state index contributed by atoms with van der Waals surface area (Å²) in [5.41, 5.74) is 2.45. The highest BCUT2D eigenvalue weighted by Crippen LogP contribution is 2.31.